The van der Waals surface area contributed by atoms with Crippen LogP contribution in [-0.4, -0.2) is 10.9 Å². The van der Waals surface area contributed by atoms with Crippen LogP contribution in [0, 0.1) is 3.57 Å². The number of fused-ring (bicyclic) bond motifs is 1. The van der Waals surface area contributed by atoms with Gasteiger partial charge in [0, 0.05) is 31.6 Å². The van der Waals surface area contributed by atoms with Crippen LogP contribution in [0.3, 0.4) is 0 Å². The number of hydrogen-bond acceptors (Lipinski definition) is 2. The first-order valence-electron chi connectivity index (χ1n) is 6.84. The SMILES string of the molecule is NC(=O)c1c(Cc2ccc(Cl)cc2)[nH]c2ccc(I)cc2c1=O. The Morgan fingerprint density at radius 3 is 2.52 bits per heavy atom. The Balaban J connectivity index is 2.20. The molecule has 6 heteroatoms. The highest BCUT2D eigenvalue weighted by Gasteiger charge is 2.17. The van der Waals surface area contributed by atoms with E-state index in [4.69, 9.17) is 17.3 Å². The van der Waals surface area contributed by atoms with Crippen molar-refractivity contribution in [1.82, 2.24) is 4.98 Å². The average molecular weight is 439 g/mol. The zero-order valence-electron chi connectivity index (χ0n) is 11.9. The Morgan fingerprint density at radius 2 is 1.87 bits per heavy atom. The molecule has 1 amide bonds. The van der Waals surface area contributed by atoms with E-state index in [9.17, 15) is 9.59 Å². The summed E-state index contributed by atoms with van der Waals surface area (Å²) in [5.74, 6) is -0.726. The predicted octanol–water partition coefficient (Wildman–Crippen LogP) is 3.48. The maximum atomic E-state index is 12.6. The highest BCUT2D eigenvalue weighted by molar-refractivity contribution is 14.1. The van der Waals surface area contributed by atoms with Crippen LogP contribution in [0.1, 0.15) is 21.6 Å². The molecule has 0 radical (unpaired) electrons. The molecule has 0 saturated heterocycles. The van der Waals surface area contributed by atoms with E-state index in [2.05, 4.69) is 27.6 Å². The Kier molecular flexibility index (Phi) is 4.41. The summed E-state index contributed by atoms with van der Waals surface area (Å²) in [6, 6.07) is 12.7. The number of carbonyl (C=O) groups is 1. The smallest absolute Gasteiger partial charge is 0.254 e. The molecule has 3 aromatic rings. The fourth-order valence-corrected chi connectivity index (χ4v) is 3.13. The molecule has 0 aliphatic heterocycles. The number of halogens is 2. The number of primary amides is 1. The number of nitrogens with two attached hydrogens (primary N) is 1. The Morgan fingerprint density at radius 1 is 1.17 bits per heavy atom. The minimum absolute atomic E-state index is 0.00875. The van der Waals surface area contributed by atoms with Crippen LogP contribution in [0.2, 0.25) is 5.02 Å². The maximum Gasteiger partial charge on any atom is 0.254 e. The molecule has 0 unspecified atom stereocenters. The van der Waals surface area contributed by atoms with Crippen LogP contribution in [0.15, 0.2) is 47.3 Å². The molecule has 116 valence electrons. The second-order valence-electron chi connectivity index (χ2n) is 5.17. The summed E-state index contributed by atoms with van der Waals surface area (Å²) in [5, 5.41) is 1.09. The lowest BCUT2D eigenvalue weighted by molar-refractivity contribution is 0.0998. The van der Waals surface area contributed by atoms with Gasteiger partial charge in [0.2, 0.25) is 5.43 Å². The minimum Gasteiger partial charge on any atom is -0.365 e. The monoisotopic (exact) mass is 438 g/mol. The first-order valence-corrected chi connectivity index (χ1v) is 8.30. The van der Waals surface area contributed by atoms with Crippen LogP contribution >= 0.6 is 34.2 Å². The van der Waals surface area contributed by atoms with E-state index in [1.165, 1.54) is 0 Å². The number of carbonyl (C=O) groups excluding carboxylic acids is 1. The van der Waals surface area contributed by atoms with Crippen molar-refractivity contribution in [2.45, 2.75) is 6.42 Å². The Bertz CT molecular complexity index is 965. The third kappa shape index (κ3) is 3.25. The van der Waals surface area contributed by atoms with Crippen LogP contribution < -0.4 is 11.2 Å². The highest BCUT2D eigenvalue weighted by Crippen LogP contribution is 2.18. The number of H-pyrrole nitrogens is 1. The number of amides is 1. The average Bonchev–Trinajstić information content (AvgIpc) is 2.50. The van der Waals surface area contributed by atoms with E-state index >= 15 is 0 Å². The third-order valence-electron chi connectivity index (χ3n) is 3.58. The number of benzene rings is 2. The van der Waals surface area contributed by atoms with Crippen LogP contribution in [0.5, 0.6) is 0 Å². The van der Waals surface area contributed by atoms with Crippen molar-refractivity contribution < 1.29 is 4.79 Å². The summed E-state index contributed by atoms with van der Waals surface area (Å²) >= 11 is 8.00. The molecule has 0 saturated carbocycles. The van der Waals surface area contributed by atoms with Gasteiger partial charge in [-0.1, -0.05) is 23.7 Å². The van der Waals surface area contributed by atoms with Gasteiger partial charge in [0.1, 0.15) is 5.56 Å². The molecular weight excluding hydrogens is 427 g/mol. The molecule has 0 fully saturated rings. The number of rotatable bonds is 3. The van der Waals surface area contributed by atoms with Gasteiger partial charge in [0.05, 0.1) is 0 Å². The molecule has 1 aromatic heterocycles. The lowest BCUT2D eigenvalue weighted by Gasteiger charge is -2.10. The molecular formula is C17H12ClIN2O2. The van der Waals surface area contributed by atoms with Gasteiger partial charge in [-0.3, -0.25) is 9.59 Å². The van der Waals surface area contributed by atoms with Crippen LogP contribution in [0.25, 0.3) is 10.9 Å². The van der Waals surface area contributed by atoms with Crippen LogP contribution in [-0.2, 0) is 6.42 Å². The Hall–Kier alpha value is -1.86. The lowest BCUT2D eigenvalue weighted by atomic mass is 10.0. The van der Waals surface area contributed by atoms with Crippen molar-refractivity contribution in [2.24, 2.45) is 5.73 Å². The van der Waals surface area contributed by atoms with Gasteiger partial charge in [-0.15, -0.1) is 0 Å². The summed E-state index contributed by atoms with van der Waals surface area (Å²) in [5.41, 5.74) is 7.24. The largest absolute Gasteiger partial charge is 0.365 e. The van der Waals surface area contributed by atoms with Gasteiger partial charge in [0.25, 0.3) is 5.91 Å². The summed E-state index contributed by atoms with van der Waals surface area (Å²) < 4.78 is 0.918. The molecule has 4 nitrogen and oxygen atoms in total. The normalized spacial score (nSPS) is 10.9. The first-order chi connectivity index (χ1) is 11.0. The predicted molar refractivity (Wildman–Crippen MR) is 100 cm³/mol. The zero-order chi connectivity index (χ0) is 16.6. The van der Waals surface area contributed by atoms with E-state index in [1.54, 1.807) is 18.2 Å². The molecule has 0 aliphatic rings. The second-order valence-corrected chi connectivity index (χ2v) is 6.85. The molecule has 3 rings (SSSR count). The molecule has 0 aliphatic carbocycles. The molecule has 3 N–H and O–H groups in total. The fourth-order valence-electron chi connectivity index (χ4n) is 2.51. The summed E-state index contributed by atoms with van der Waals surface area (Å²) in [4.78, 5) is 27.6. The number of aromatic nitrogens is 1. The standard InChI is InChI=1S/C17H12ClIN2O2/c18-10-3-1-9(2-4-10)7-14-15(17(20)23)16(22)12-8-11(19)5-6-13(12)21-14/h1-6,8H,7H2,(H2,20,23)(H,21,22). The molecule has 23 heavy (non-hydrogen) atoms. The van der Waals surface area contributed by atoms with Crippen LogP contribution in [0.4, 0.5) is 0 Å². The van der Waals surface area contributed by atoms with Crippen molar-refractivity contribution in [2.75, 3.05) is 0 Å². The summed E-state index contributed by atoms with van der Waals surface area (Å²) in [6.45, 7) is 0. The van der Waals surface area contributed by atoms with E-state index in [-0.39, 0.29) is 11.0 Å². The van der Waals surface area contributed by atoms with Gasteiger partial charge < -0.3 is 10.7 Å². The number of hydrogen-bond donors (Lipinski definition) is 2. The van der Waals surface area contributed by atoms with E-state index in [0.29, 0.717) is 28.0 Å². The molecule has 0 atom stereocenters. The topological polar surface area (TPSA) is 76.0 Å². The Labute approximate surface area is 150 Å². The molecule has 0 bridgehead atoms. The second kappa shape index (κ2) is 6.33. The van der Waals surface area contributed by atoms with Gasteiger partial charge in [0.15, 0.2) is 0 Å². The first kappa shape index (κ1) is 16.0. The van der Waals surface area contributed by atoms with E-state index in [1.807, 2.05) is 24.3 Å². The van der Waals surface area contributed by atoms with Crippen molar-refractivity contribution in [3.05, 3.63) is 78.1 Å². The molecule has 1 heterocycles. The number of pyridine rings is 1. The van der Waals surface area contributed by atoms with Crippen molar-refractivity contribution in [3.63, 3.8) is 0 Å². The third-order valence-corrected chi connectivity index (χ3v) is 4.50. The van der Waals surface area contributed by atoms with Gasteiger partial charge in [-0.2, -0.15) is 0 Å². The van der Waals surface area contributed by atoms with E-state index < -0.39 is 5.91 Å². The van der Waals surface area contributed by atoms with Gasteiger partial charge >= 0.3 is 0 Å². The van der Waals surface area contributed by atoms with E-state index in [0.717, 1.165) is 9.13 Å². The highest BCUT2D eigenvalue weighted by atomic mass is 127. The molecule has 0 spiro atoms. The summed E-state index contributed by atoms with van der Waals surface area (Å²) in [7, 11) is 0. The number of nitrogens with one attached hydrogen (secondary N) is 1. The number of aromatic amines is 1. The lowest BCUT2D eigenvalue weighted by Crippen LogP contribution is -2.25. The van der Waals surface area contributed by atoms with Crippen molar-refractivity contribution in [1.29, 1.82) is 0 Å². The van der Waals surface area contributed by atoms with Gasteiger partial charge in [-0.25, -0.2) is 0 Å². The maximum absolute atomic E-state index is 12.6. The van der Waals surface area contributed by atoms with Crippen molar-refractivity contribution >= 4 is 51.0 Å². The fraction of sp³-hybridized carbons (Fsp3) is 0.0588. The van der Waals surface area contributed by atoms with Crippen molar-refractivity contribution in [3.8, 4) is 0 Å². The zero-order valence-corrected chi connectivity index (χ0v) is 14.8. The van der Waals surface area contributed by atoms with Gasteiger partial charge in [-0.05, 0) is 58.5 Å². The minimum atomic E-state index is -0.726. The quantitative estimate of drug-likeness (QED) is 0.614. The summed E-state index contributed by atoms with van der Waals surface area (Å²) in [6.07, 6.45) is 0.395. The molecule has 2 aromatic carbocycles.